The Labute approximate surface area is 174 Å². The molecule has 10 heteroatoms. The molecule has 2 amide bonds. The van der Waals surface area contributed by atoms with E-state index in [4.69, 9.17) is 16.3 Å². The molecule has 2 aromatic rings. The molecule has 0 radical (unpaired) electrons. The summed E-state index contributed by atoms with van der Waals surface area (Å²) in [7, 11) is -1.19. The van der Waals surface area contributed by atoms with Crippen molar-refractivity contribution < 1.29 is 22.7 Å². The fourth-order valence-electron chi connectivity index (χ4n) is 2.74. The maximum absolute atomic E-state index is 13.0. The number of nitrogens with one attached hydrogen (secondary N) is 1. The molecule has 0 aromatic heterocycles. The molecule has 0 saturated carbocycles. The number of carbonyl (C=O) groups is 2. The monoisotopic (exact) mass is 437 g/mol. The van der Waals surface area contributed by atoms with E-state index in [1.807, 2.05) is 19.1 Å². The van der Waals surface area contributed by atoms with Gasteiger partial charge in [0.15, 0.2) is 6.61 Å². The number of carbonyl (C=O) groups excluding carboxylic acids is 2. The second-order valence-electron chi connectivity index (χ2n) is 6.67. The standard InChI is InChI=1S/C19H20ClN3O5S/c1-12-4-6-13(7-5-12)23(3)19(25)10-22(2)29(26,27)17-9-16-15(8-14(17)20)21-18(24)11-28-16/h4-9H,10-11H2,1-3H3,(H,21,24). The first-order valence-electron chi connectivity index (χ1n) is 8.65. The number of sulfonamides is 1. The van der Waals surface area contributed by atoms with Gasteiger partial charge in [-0.3, -0.25) is 9.59 Å². The largest absolute Gasteiger partial charge is 0.482 e. The predicted octanol–water partition coefficient (Wildman–Crippen LogP) is 2.26. The zero-order chi connectivity index (χ0) is 21.3. The molecule has 0 atom stereocenters. The number of amides is 2. The van der Waals surface area contributed by atoms with Gasteiger partial charge in [-0.25, -0.2) is 8.42 Å². The number of aryl methyl sites for hydroxylation is 1. The molecule has 0 aliphatic carbocycles. The summed E-state index contributed by atoms with van der Waals surface area (Å²) >= 11 is 6.14. The van der Waals surface area contributed by atoms with Crippen molar-refractivity contribution >= 4 is 44.8 Å². The maximum Gasteiger partial charge on any atom is 0.262 e. The Morgan fingerprint density at radius 1 is 1.21 bits per heavy atom. The minimum Gasteiger partial charge on any atom is -0.482 e. The van der Waals surface area contributed by atoms with E-state index < -0.39 is 15.9 Å². The minimum absolute atomic E-state index is 0.0826. The number of likely N-dealkylation sites (N-methyl/N-ethyl adjacent to an activating group) is 2. The van der Waals surface area contributed by atoms with Crippen LogP contribution >= 0.6 is 11.6 Å². The van der Waals surface area contributed by atoms with Crippen LogP contribution in [0.4, 0.5) is 11.4 Å². The summed E-state index contributed by atoms with van der Waals surface area (Å²) in [6, 6.07) is 9.87. The van der Waals surface area contributed by atoms with Crippen molar-refractivity contribution in [2.24, 2.45) is 0 Å². The molecule has 0 spiro atoms. The molecule has 0 fully saturated rings. The normalized spacial score (nSPS) is 13.5. The molecular formula is C19H20ClN3O5S. The van der Waals surface area contributed by atoms with Crippen LogP contribution in [0.25, 0.3) is 0 Å². The molecule has 154 valence electrons. The zero-order valence-electron chi connectivity index (χ0n) is 16.1. The maximum atomic E-state index is 13.0. The van der Waals surface area contributed by atoms with Crippen LogP contribution in [0.15, 0.2) is 41.3 Å². The number of benzene rings is 2. The highest BCUT2D eigenvalue weighted by molar-refractivity contribution is 7.89. The van der Waals surface area contributed by atoms with Crippen LogP contribution in [-0.2, 0) is 19.6 Å². The van der Waals surface area contributed by atoms with Crippen molar-refractivity contribution in [3.63, 3.8) is 0 Å². The van der Waals surface area contributed by atoms with Crippen LogP contribution < -0.4 is 15.0 Å². The Morgan fingerprint density at radius 3 is 2.52 bits per heavy atom. The zero-order valence-corrected chi connectivity index (χ0v) is 17.7. The van der Waals surface area contributed by atoms with Gasteiger partial charge in [0.05, 0.1) is 17.3 Å². The fourth-order valence-corrected chi connectivity index (χ4v) is 4.37. The molecule has 0 unspecified atom stereocenters. The van der Waals surface area contributed by atoms with E-state index >= 15 is 0 Å². The van der Waals surface area contributed by atoms with E-state index in [0.29, 0.717) is 11.4 Å². The van der Waals surface area contributed by atoms with Crippen LogP contribution in [0.2, 0.25) is 5.02 Å². The lowest BCUT2D eigenvalue weighted by atomic mass is 10.2. The van der Waals surface area contributed by atoms with Gasteiger partial charge in [-0.05, 0) is 25.1 Å². The second-order valence-corrected chi connectivity index (χ2v) is 9.09. The smallest absolute Gasteiger partial charge is 0.262 e. The van der Waals surface area contributed by atoms with Crippen LogP contribution in [0, 0.1) is 6.92 Å². The van der Waals surface area contributed by atoms with E-state index in [2.05, 4.69) is 5.32 Å². The van der Waals surface area contributed by atoms with Crippen molar-refractivity contribution in [1.82, 2.24) is 4.31 Å². The Kier molecular flexibility index (Phi) is 5.83. The Hall–Kier alpha value is -2.62. The minimum atomic E-state index is -4.07. The van der Waals surface area contributed by atoms with E-state index in [1.54, 1.807) is 19.2 Å². The summed E-state index contributed by atoms with van der Waals surface area (Å²) in [5.74, 6) is -0.562. The average Bonchev–Trinajstić information content (AvgIpc) is 2.67. The van der Waals surface area contributed by atoms with Gasteiger partial charge in [0.25, 0.3) is 5.91 Å². The van der Waals surface area contributed by atoms with Crippen LogP contribution in [0.5, 0.6) is 5.75 Å². The van der Waals surface area contributed by atoms with Crippen LogP contribution in [-0.4, -0.2) is 51.8 Å². The molecule has 0 saturated heterocycles. The molecule has 1 N–H and O–H groups in total. The van der Waals surface area contributed by atoms with Crippen molar-refractivity contribution in [3.05, 3.63) is 47.0 Å². The quantitative estimate of drug-likeness (QED) is 0.774. The van der Waals surface area contributed by atoms with E-state index in [0.717, 1.165) is 9.87 Å². The summed E-state index contributed by atoms with van der Waals surface area (Å²) in [6.07, 6.45) is 0. The van der Waals surface area contributed by atoms with Gasteiger partial charge < -0.3 is 15.0 Å². The SMILES string of the molecule is Cc1ccc(N(C)C(=O)CN(C)S(=O)(=O)c2cc3c(cc2Cl)NC(=O)CO3)cc1. The van der Waals surface area contributed by atoms with Gasteiger partial charge in [-0.15, -0.1) is 0 Å². The van der Waals surface area contributed by atoms with Gasteiger partial charge in [-0.1, -0.05) is 29.3 Å². The summed E-state index contributed by atoms with van der Waals surface area (Å²) in [4.78, 5) is 25.2. The molecule has 1 aliphatic heterocycles. The number of hydrogen-bond donors (Lipinski definition) is 1. The number of fused-ring (bicyclic) bond motifs is 1. The highest BCUT2D eigenvalue weighted by Gasteiger charge is 2.29. The first-order valence-corrected chi connectivity index (χ1v) is 10.5. The predicted molar refractivity (Wildman–Crippen MR) is 110 cm³/mol. The lowest BCUT2D eigenvalue weighted by Gasteiger charge is -2.24. The van der Waals surface area contributed by atoms with Crippen molar-refractivity contribution in [2.75, 3.05) is 37.5 Å². The third kappa shape index (κ3) is 4.36. The number of nitrogens with zero attached hydrogens (tertiary/aromatic N) is 2. The Balaban J connectivity index is 1.81. The highest BCUT2D eigenvalue weighted by atomic mass is 35.5. The lowest BCUT2D eigenvalue weighted by Crippen LogP contribution is -2.39. The first-order chi connectivity index (χ1) is 13.6. The topological polar surface area (TPSA) is 96.0 Å². The molecule has 8 nitrogen and oxygen atoms in total. The van der Waals surface area contributed by atoms with Gasteiger partial charge in [-0.2, -0.15) is 4.31 Å². The van der Waals surface area contributed by atoms with Gasteiger partial charge in [0.1, 0.15) is 10.6 Å². The summed E-state index contributed by atoms with van der Waals surface area (Å²) in [6.45, 7) is 1.34. The average molecular weight is 438 g/mol. The Bertz CT molecular complexity index is 1070. The molecule has 29 heavy (non-hydrogen) atoms. The van der Waals surface area contributed by atoms with Crippen LogP contribution in [0.3, 0.4) is 0 Å². The van der Waals surface area contributed by atoms with E-state index in [1.165, 1.54) is 24.1 Å². The van der Waals surface area contributed by atoms with Gasteiger partial charge in [0, 0.05) is 25.8 Å². The van der Waals surface area contributed by atoms with E-state index in [9.17, 15) is 18.0 Å². The summed E-state index contributed by atoms with van der Waals surface area (Å²) in [5, 5.41) is 2.48. The van der Waals surface area contributed by atoms with E-state index in [-0.39, 0.29) is 34.7 Å². The van der Waals surface area contributed by atoms with Crippen molar-refractivity contribution in [3.8, 4) is 5.75 Å². The highest BCUT2D eigenvalue weighted by Crippen LogP contribution is 2.36. The third-order valence-corrected chi connectivity index (χ3v) is 6.78. The van der Waals surface area contributed by atoms with Gasteiger partial charge in [0.2, 0.25) is 15.9 Å². The Morgan fingerprint density at radius 2 is 1.86 bits per heavy atom. The number of rotatable bonds is 5. The molecule has 1 heterocycles. The van der Waals surface area contributed by atoms with Crippen molar-refractivity contribution in [2.45, 2.75) is 11.8 Å². The number of ether oxygens (including phenoxy) is 1. The van der Waals surface area contributed by atoms with Crippen LogP contribution in [0.1, 0.15) is 5.56 Å². The molecule has 2 aromatic carbocycles. The lowest BCUT2D eigenvalue weighted by molar-refractivity contribution is -0.119. The van der Waals surface area contributed by atoms with Gasteiger partial charge >= 0.3 is 0 Å². The summed E-state index contributed by atoms with van der Waals surface area (Å²) in [5.41, 5.74) is 2.00. The third-order valence-electron chi connectivity index (χ3n) is 4.51. The molecule has 3 rings (SSSR count). The number of halogens is 1. The number of hydrogen-bond acceptors (Lipinski definition) is 5. The molecule has 1 aliphatic rings. The van der Waals surface area contributed by atoms with Crippen molar-refractivity contribution in [1.29, 1.82) is 0 Å². The molecule has 0 bridgehead atoms. The second kappa shape index (κ2) is 8.02. The fraction of sp³-hybridized carbons (Fsp3) is 0.263. The molecular weight excluding hydrogens is 418 g/mol. The summed E-state index contributed by atoms with van der Waals surface area (Å²) < 4.78 is 32.1. The first kappa shape index (κ1) is 21.1. The number of anilines is 2.